The lowest BCUT2D eigenvalue weighted by Crippen LogP contribution is -2.23. The van der Waals surface area contributed by atoms with Crippen molar-refractivity contribution in [3.63, 3.8) is 0 Å². The van der Waals surface area contributed by atoms with Crippen molar-refractivity contribution in [2.75, 3.05) is 11.3 Å². The number of pyridine rings is 1. The Bertz CT molecular complexity index is 1740. The Morgan fingerprint density at radius 3 is 2.63 bits per heavy atom. The highest BCUT2D eigenvalue weighted by molar-refractivity contribution is 7.93. The summed E-state index contributed by atoms with van der Waals surface area (Å²) in [5, 5.41) is 2.51. The summed E-state index contributed by atoms with van der Waals surface area (Å²) in [6, 6.07) is 8.78. The van der Waals surface area contributed by atoms with E-state index in [0.29, 0.717) is 46.8 Å². The van der Waals surface area contributed by atoms with Gasteiger partial charge in [0.15, 0.2) is 5.01 Å². The SMILES string of the molecule is C[Si](C)(C)CCOCn1cc(C(F)(F)F)c2cc(-c3cnc(C(=O)NCc4cc(NS(=O)(=O)C5CC5)ccn4)s3)ccc21. The van der Waals surface area contributed by atoms with Gasteiger partial charge in [-0.2, -0.15) is 13.2 Å². The first-order valence-electron chi connectivity index (χ1n) is 13.7. The third kappa shape index (κ3) is 7.82. The second-order valence-electron chi connectivity index (χ2n) is 11.7. The molecule has 0 aliphatic heterocycles. The lowest BCUT2D eigenvalue weighted by atomic mass is 10.1. The van der Waals surface area contributed by atoms with Gasteiger partial charge in [0.25, 0.3) is 5.91 Å². The van der Waals surface area contributed by atoms with E-state index in [1.807, 2.05) is 0 Å². The van der Waals surface area contributed by atoms with Crippen molar-refractivity contribution in [3.8, 4) is 10.4 Å². The van der Waals surface area contributed by atoms with Crippen LogP contribution in [0.15, 0.2) is 48.9 Å². The van der Waals surface area contributed by atoms with Gasteiger partial charge in [-0.3, -0.25) is 14.5 Å². The van der Waals surface area contributed by atoms with Crippen LogP contribution in [0.1, 0.15) is 33.9 Å². The molecule has 4 aromatic rings. The molecule has 1 aliphatic rings. The molecule has 1 fully saturated rings. The maximum absolute atomic E-state index is 13.9. The minimum atomic E-state index is -4.55. The van der Waals surface area contributed by atoms with Gasteiger partial charge in [0, 0.05) is 38.7 Å². The fourth-order valence-corrected chi connectivity index (χ4v) is 7.31. The molecule has 2 N–H and O–H groups in total. The summed E-state index contributed by atoms with van der Waals surface area (Å²) in [4.78, 5) is 21.7. The van der Waals surface area contributed by atoms with Gasteiger partial charge in [0.05, 0.1) is 39.1 Å². The predicted molar refractivity (Wildman–Crippen MR) is 163 cm³/mol. The Labute approximate surface area is 252 Å². The summed E-state index contributed by atoms with van der Waals surface area (Å²) in [7, 11) is -4.76. The first-order chi connectivity index (χ1) is 20.2. The summed E-state index contributed by atoms with van der Waals surface area (Å²) in [6.07, 6.45) is 0.701. The molecule has 0 saturated heterocycles. The number of carbonyl (C=O) groups is 1. The summed E-state index contributed by atoms with van der Waals surface area (Å²) in [5.41, 5.74) is 0.961. The van der Waals surface area contributed by atoms with Crippen molar-refractivity contribution in [3.05, 3.63) is 65.2 Å². The first kappa shape index (κ1) is 31.2. The molecular weight excluding hydrogens is 620 g/mol. The van der Waals surface area contributed by atoms with Crippen LogP contribution in [0.5, 0.6) is 0 Å². The van der Waals surface area contributed by atoms with Gasteiger partial charge in [-0.25, -0.2) is 13.4 Å². The van der Waals surface area contributed by atoms with Crippen molar-refractivity contribution in [2.45, 2.75) is 63.2 Å². The van der Waals surface area contributed by atoms with E-state index < -0.39 is 35.7 Å². The van der Waals surface area contributed by atoms with Crippen molar-refractivity contribution in [1.82, 2.24) is 19.9 Å². The number of alkyl halides is 3. The molecule has 15 heteroatoms. The fourth-order valence-electron chi connectivity index (χ4n) is 4.35. The van der Waals surface area contributed by atoms with E-state index in [0.717, 1.165) is 23.6 Å². The Kier molecular flexibility index (Phi) is 8.71. The van der Waals surface area contributed by atoms with Gasteiger partial charge in [-0.15, -0.1) is 11.3 Å². The Balaban J connectivity index is 1.28. The number of fused-ring (bicyclic) bond motifs is 1. The molecule has 1 aromatic carbocycles. The smallest absolute Gasteiger partial charge is 0.361 e. The van der Waals surface area contributed by atoms with Crippen molar-refractivity contribution in [1.29, 1.82) is 0 Å². The van der Waals surface area contributed by atoms with Gasteiger partial charge < -0.3 is 14.6 Å². The lowest BCUT2D eigenvalue weighted by molar-refractivity contribution is -0.136. The van der Waals surface area contributed by atoms with E-state index in [2.05, 4.69) is 39.6 Å². The molecule has 0 spiro atoms. The Morgan fingerprint density at radius 1 is 1.16 bits per heavy atom. The number of thiazole rings is 1. The Hall–Kier alpha value is -3.27. The van der Waals surface area contributed by atoms with Gasteiger partial charge in [0.2, 0.25) is 10.0 Å². The van der Waals surface area contributed by atoms with Crippen LogP contribution in [0.4, 0.5) is 18.9 Å². The highest BCUT2D eigenvalue weighted by atomic mass is 32.2. The topological polar surface area (TPSA) is 115 Å². The van der Waals surface area contributed by atoms with Gasteiger partial charge in [-0.1, -0.05) is 25.7 Å². The second-order valence-corrected chi connectivity index (χ2v) is 20.3. The van der Waals surface area contributed by atoms with Crippen molar-refractivity contribution in [2.24, 2.45) is 0 Å². The molecule has 0 atom stereocenters. The summed E-state index contributed by atoms with van der Waals surface area (Å²) in [5.74, 6) is -0.485. The summed E-state index contributed by atoms with van der Waals surface area (Å²) < 4.78 is 75.9. The number of nitrogens with one attached hydrogen (secondary N) is 2. The molecule has 9 nitrogen and oxygen atoms in total. The Morgan fingerprint density at radius 2 is 1.93 bits per heavy atom. The number of rotatable bonds is 12. The minimum Gasteiger partial charge on any atom is -0.361 e. The van der Waals surface area contributed by atoms with Crippen LogP contribution in [-0.2, 0) is 34.2 Å². The largest absolute Gasteiger partial charge is 0.418 e. The quantitative estimate of drug-likeness (QED) is 0.137. The second kappa shape index (κ2) is 12.0. The van der Waals surface area contributed by atoms with Crippen LogP contribution >= 0.6 is 11.3 Å². The van der Waals surface area contributed by atoms with E-state index in [-0.39, 0.29) is 28.9 Å². The molecule has 3 heterocycles. The van der Waals surface area contributed by atoms with Crippen LogP contribution in [0.3, 0.4) is 0 Å². The van der Waals surface area contributed by atoms with Gasteiger partial charge in [-0.05, 0) is 48.7 Å². The standard InChI is InChI=1S/C28H32F3N5O4S2Si/c1-43(2,3)11-10-40-17-36-16-23(28(29,30)31)22-12-18(4-7-24(22)36)25-15-34-27(41-25)26(37)33-14-20-13-19(8-9-32-20)35-42(38,39)21-5-6-21/h4,7-9,12-13,15-16,21H,5-6,10-11,14,17H2,1-3H3,(H,32,35)(H,33,37). The average Bonchev–Trinajstić information content (AvgIpc) is 3.57. The van der Waals surface area contributed by atoms with Crippen molar-refractivity contribution >= 4 is 51.9 Å². The zero-order valence-corrected chi connectivity index (χ0v) is 26.5. The van der Waals surface area contributed by atoms with Crippen LogP contribution < -0.4 is 10.0 Å². The van der Waals surface area contributed by atoms with E-state index in [9.17, 15) is 26.4 Å². The van der Waals surface area contributed by atoms with Crippen LogP contribution in [0.2, 0.25) is 25.7 Å². The van der Waals surface area contributed by atoms with Crippen LogP contribution in [0.25, 0.3) is 21.3 Å². The highest BCUT2D eigenvalue weighted by Gasteiger charge is 2.36. The number of ether oxygens (including phenoxy) is 1. The molecule has 0 bridgehead atoms. The van der Waals surface area contributed by atoms with E-state index in [4.69, 9.17) is 4.74 Å². The number of aromatic nitrogens is 3. The van der Waals surface area contributed by atoms with Crippen LogP contribution in [0, 0.1) is 0 Å². The number of halogens is 3. The molecule has 1 aliphatic carbocycles. The zero-order valence-electron chi connectivity index (χ0n) is 23.9. The van der Waals surface area contributed by atoms with E-state index in [1.165, 1.54) is 29.1 Å². The monoisotopic (exact) mass is 651 g/mol. The number of nitrogens with zero attached hydrogens (tertiary/aromatic N) is 3. The highest BCUT2D eigenvalue weighted by Crippen LogP contribution is 2.39. The fraction of sp³-hybridized carbons (Fsp3) is 0.393. The lowest BCUT2D eigenvalue weighted by Gasteiger charge is -2.15. The number of amides is 1. The molecule has 0 radical (unpaired) electrons. The molecule has 1 amide bonds. The number of carbonyl (C=O) groups excluding carboxylic acids is 1. The van der Waals surface area contributed by atoms with E-state index in [1.54, 1.807) is 18.2 Å². The average molecular weight is 652 g/mol. The number of hydrogen-bond acceptors (Lipinski definition) is 7. The van der Waals surface area contributed by atoms with Gasteiger partial charge in [0.1, 0.15) is 6.73 Å². The maximum Gasteiger partial charge on any atom is 0.418 e. The molecule has 5 rings (SSSR count). The molecule has 230 valence electrons. The molecule has 0 unspecified atom stereocenters. The number of anilines is 1. The molecule has 3 aromatic heterocycles. The maximum atomic E-state index is 13.9. The molecule has 43 heavy (non-hydrogen) atoms. The normalized spacial score (nSPS) is 14.3. The summed E-state index contributed by atoms with van der Waals surface area (Å²) >= 11 is 1.05. The molecular formula is C28H32F3N5O4S2Si. The number of hydrogen-bond donors (Lipinski definition) is 2. The third-order valence-corrected chi connectivity index (χ3v) is 11.5. The molecule has 1 saturated carbocycles. The predicted octanol–water partition coefficient (Wildman–Crippen LogP) is 6.33. The number of benzene rings is 1. The first-order valence-corrected chi connectivity index (χ1v) is 19.8. The van der Waals surface area contributed by atoms with E-state index >= 15 is 0 Å². The number of sulfonamides is 1. The summed E-state index contributed by atoms with van der Waals surface area (Å²) in [6.45, 7) is 7.16. The van der Waals surface area contributed by atoms with Crippen molar-refractivity contribution < 1.29 is 31.1 Å². The third-order valence-electron chi connectivity index (χ3n) is 6.87. The zero-order chi connectivity index (χ0) is 31.0. The van der Waals surface area contributed by atoms with Gasteiger partial charge >= 0.3 is 6.18 Å². The van der Waals surface area contributed by atoms with Crippen LogP contribution in [-0.4, -0.2) is 48.8 Å². The minimum absolute atomic E-state index is 0.0193.